The quantitative estimate of drug-likeness (QED) is 0.641. The highest BCUT2D eigenvalue weighted by Gasteiger charge is 2.32. The van der Waals surface area contributed by atoms with Crippen LogP contribution in [0.4, 0.5) is 0 Å². The SMILES string of the molecule is CC(=O)C1CCCN(C(=O)[C@@H](Cc2cnc[nH]2)NC(=O)C(N)C(C)C)C1. The van der Waals surface area contributed by atoms with Gasteiger partial charge in [0, 0.05) is 37.3 Å². The number of likely N-dealkylation sites (tertiary alicyclic amines) is 1. The third-order valence-corrected chi connectivity index (χ3v) is 4.92. The van der Waals surface area contributed by atoms with E-state index in [0.717, 1.165) is 18.5 Å². The number of hydrogen-bond acceptors (Lipinski definition) is 5. The predicted octanol–water partition coefficient (Wildman–Crippen LogP) is 0.248. The molecule has 0 saturated carbocycles. The number of nitrogens with two attached hydrogens (primary N) is 1. The second-order valence-electron chi connectivity index (χ2n) is 7.35. The van der Waals surface area contributed by atoms with Crippen LogP contribution in [0.1, 0.15) is 39.3 Å². The van der Waals surface area contributed by atoms with Crippen molar-refractivity contribution in [1.29, 1.82) is 0 Å². The fourth-order valence-electron chi connectivity index (χ4n) is 3.12. The number of piperidine rings is 1. The van der Waals surface area contributed by atoms with Crippen molar-refractivity contribution in [3.8, 4) is 0 Å². The first-order valence-electron chi connectivity index (χ1n) is 9.12. The maximum atomic E-state index is 13.0. The zero-order chi connectivity index (χ0) is 19.3. The summed E-state index contributed by atoms with van der Waals surface area (Å²) in [6.45, 7) is 6.27. The maximum absolute atomic E-state index is 13.0. The zero-order valence-corrected chi connectivity index (χ0v) is 15.7. The van der Waals surface area contributed by atoms with Gasteiger partial charge in [-0.1, -0.05) is 13.8 Å². The lowest BCUT2D eigenvalue weighted by atomic mass is 9.94. The van der Waals surface area contributed by atoms with Crippen LogP contribution in [0.15, 0.2) is 12.5 Å². The number of nitrogens with one attached hydrogen (secondary N) is 2. The monoisotopic (exact) mass is 363 g/mol. The fourth-order valence-corrected chi connectivity index (χ4v) is 3.12. The number of nitrogens with zero attached hydrogens (tertiary/aromatic N) is 2. The van der Waals surface area contributed by atoms with Gasteiger partial charge in [-0.15, -0.1) is 0 Å². The number of aromatic nitrogens is 2. The van der Waals surface area contributed by atoms with Crippen LogP contribution in [-0.4, -0.2) is 57.6 Å². The van der Waals surface area contributed by atoms with Crippen molar-refractivity contribution in [3.05, 3.63) is 18.2 Å². The molecule has 1 aliphatic heterocycles. The number of rotatable bonds is 7. The molecule has 0 aliphatic carbocycles. The van der Waals surface area contributed by atoms with E-state index in [1.54, 1.807) is 18.0 Å². The first kappa shape index (κ1) is 20.1. The lowest BCUT2D eigenvalue weighted by Crippen LogP contribution is -2.56. The largest absolute Gasteiger partial charge is 0.348 e. The molecule has 0 radical (unpaired) electrons. The minimum Gasteiger partial charge on any atom is -0.348 e. The zero-order valence-electron chi connectivity index (χ0n) is 15.7. The molecule has 1 aromatic rings. The standard InChI is InChI=1S/C18H29N5O3/c1-11(2)16(19)17(25)22-15(7-14-8-20-10-21-14)18(26)23-6-4-5-13(9-23)12(3)24/h8,10-11,13,15-16H,4-7,9,19H2,1-3H3,(H,20,21)(H,22,25)/t13?,15-,16?/m1/s1. The van der Waals surface area contributed by atoms with Gasteiger partial charge in [0.15, 0.2) is 0 Å². The summed E-state index contributed by atoms with van der Waals surface area (Å²) in [5.41, 5.74) is 6.67. The Kier molecular flexibility index (Phi) is 6.90. The lowest BCUT2D eigenvalue weighted by molar-refractivity contribution is -0.139. The molecule has 1 aliphatic rings. The fraction of sp³-hybridized carbons (Fsp3) is 0.667. The Bertz CT molecular complexity index is 629. The molecule has 8 heteroatoms. The summed E-state index contributed by atoms with van der Waals surface area (Å²) in [6.07, 6.45) is 5.05. The molecule has 8 nitrogen and oxygen atoms in total. The number of ketones is 1. The molecule has 1 saturated heterocycles. The number of imidazole rings is 1. The van der Waals surface area contributed by atoms with Crippen molar-refractivity contribution < 1.29 is 14.4 Å². The van der Waals surface area contributed by atoms with E-state index in [0.29, 0.717) is 19.5 Å². The molecule has 3 atom stereocenters. The smallest absolute Gasteiger partial charge is 0.245 e. The van der Waals surface area contributed by atoms with Gasteiger partial charge in [-0.05, 0) is 25.7 Å². The number of carbonyl (C=O) groups is 3. The molecule has 2 heterocycles. The Labute approximate surface area is 153 Å². The summed E-state index contributed by atoms with van der Waals surface area (Å²) in [4.78, 5) is 45.7. The molecular formula is C18H29N5O3. The van der Waals surface area contributed by atoms with E-state index in [1.807, 2.05) is 13.8 Å². The number of Topliss-reactive ketones (excluding diaryl/α,β-unsaturated/α-hetero) is 1. The summed E-state index contributed by atoms with van der Waals surface area (Å²) in [5, 5.41) is 2.79. The van der Waals surface area contributed by atoms with Crippen LogP contribution in [0.2, 0.25) is 0 Å². The van der Waals surface area contributed by atoms with E-state index in [9.17, 15) is 14.4 Å². The van der Waals surface area contributed by atoms with Crippen molar-refractivity contribution in [2.75, 3.05) is 13.1 Å². The van der Waals surface area contributed by atoms with Crippen LogP contribution in [-0.2, 0) is 20.8 Å². The van der Waals surface area contributed by atoms with Crippen molar-refractivity contribution in [1.82, 2.24) is 20.2 Å². The van der Waals surface area contributed by atoms with Gasteiger partial charge in [-0.3, -0.25) is 14.4 Å². The summed E-state index contributed by atoms with van der Waals surface area (Å²) in [7, 11) is 0. The molecule has 0 bridgehead atoms. The average Bonchev–Trinajstić information content (AvgIpc) is 3.12. The third-order valence-electron chi connectivity index (χ3n) is 4.92. The highest BCUT2D eigenvalue weighted by molar-refractivity contribution is 5.90. The minimum atomic E-state index is -0.738. The molecule has 2 rings (SSSR count). The average molecular weight is 363 g/mol. The third kappa shape index (κ3) is 5.14. The van der Waals surface area contributed by atoms with Gasteiger partial charge in [0.2, 0.25) is 11.8 Å². The Balaban J connectivity index is 2.12. The van der Waals surface area contributed by atoms with E-state index in [4.69, 9.17) is 5.73 Å². The van der Waals surface area contributed by atoms with Crippen molar-refractivity contribution >= 4 is 17.6 Å². The summed E-state index contributed by atoms with van der Waals surface area (Å²) in [6, 6.07) is -1.42. The molecule has 2 unspecified atom stereocenters. The number of H-pyrrole nitrogens is 1. The first-order chi connectivity index (χ1) is 12.3. The van der Waals surface area contributed by atoms with Crippen LogP contribution in [0, 0.1) is 11.8 Å². The van der Waals surface area contributed by atoms with E-state index >= 15 is 0 Å². The van der Waals surface area contributed by atoms with Gasteiger partial charge >= 0.3 is 0 Å². The van der Waals surface area contributed by atoms with Crippen LogP contribution in [0.5, 0.6) is 0 Å². The van der Waals surface area contributed by atoms with Crippen molar-refractivity contribution in [3.63, 3.8) is 0 Å². The van der Waals surface area contributed by atoms with Crippen LogP contribution in [0.25, 0.3) is 0 Å². The number of hydrogen-bond donors (Lipinski definition) is 3. The van der Waals surface area contributed by atoms with Gasteiger partial charge < -0.3 is 20.9 Å². The van der Waals surface area contributed by atoms with E-state index in [2.05, 4.69) is 15.3 Å². The van der Waals surface area contributed by atoms with Crippen LogP contribution >= 0.6 is 0 Å². The lowest BCUT2D eigenvalue weighted by Gasteiger charge is -2.34. The minimum absolute atomic E-state index is 0.0324. The van der Waals surface area contributed by atoms with E-state index in [-0.39, 0.29) is 29.4 Å². The molecule has 1 aromatic heterocycles. The van der Waals surface area contributed by atoms with Gasteiger partial charge in [-0.2, -0.15) is 0 Å². The van der Waals surface area contributed by atoms with Crippen LogP contribution in [0.3, 0.4) is 0 Å². The number of carbonyl (C=O) groups excluding carboxylic acids is 3. The molecular weight excluding hydrogens is 334 g/mol. The highest BCUT2D eigenvalue weighted by Crippen LogP contribution is 2.18. The Morgan fingerprint density at radius 2 is 2.15 bits per heavy atom. The second-order valence-corrected chi connectivity index (χ2v) is 7.35. The van der Waals surface area contributed by atoms with Crippen molar-refractivity contribution in [2.24, 2.45) is 17.6 Å². The second kappa shape index (κ2) is 8.93. The van der Waals surface area contributed by atoms with E-state index < -0.39 is 12.1 Å². The molecule has 144 valence electrons. The van der Waals surface area contributed by atoms with Gasteiger partial charge in [-0.25, -0.2) is 4.98 Å². The molecule has 26 heavy (non-hydrogen) atoms. The molecule has 0 aromatic carbocycles. The summed E-state index contributed by atoms with van der Waals surface area (Å²) in [5.74, 6) is -0.601. The summed E-state index contributed by atoms with van der Waals surface area (Å²) < 4.78 is 0. The number of amides is 2. The molecule has 1 fully saturated rings. The molecule has 4 N–H and O–H groups in total. The van der Waals surface area contributed by atoms with Gasteiger partial charge in [0.05, 0.1) is 12.4 Å². The number of aromatic amines is 1. The molecule has 0 spiro atoms. The van der Waals surface area contributed by atoms with Gasteiger partial charge in [0.1, 0.15) is 11.8 Å². The first-order valence-corrected chi connectivity index (χ1v) is 9.12. The maximum Gasteiger partial charge on any atom is 0.245 e. The summed E-state index contributed by atoms with van der Waals surface area (Å²) >= 11 is 0. The highest BCUT2D eigenvalue weighted by atomic mass is 16.2. The normalized spacial score (nSPS) is 19.9. The Morgan fingerprint density at radius 3 is 2.73 bits per heavy atom. The van der Waals surface area contributed by atoms with Crippen molar-refractivity contribution in [2.45, 2.75) is 52.1 Å². The van der Waals surface area contributed by atoms with Crippen LogP contribution < -0.4 is 11.1 Å². The Morgan fingerprint density at radius 1 is 1.42 bits per heavy atom. The predicted molar refractivity (Wildman–Crippen MR) is 97.0 cm³/mol. The molecule has 2 amide bonds. The van der Waals surface area contributed by atoms with Gasteiger partial charge in [0.25, 0.3) is 0 Å². The van der Waals surface area contributed by atoms with E-state index in [1.165, 1.54) is 6.33 Å². The topological polar surface area (TPSA) is 121 Å². The Hall–Kier alpha value is -2.22.